The molecule has 0 aromatic rings. The molecule has 2 rings (SSSR count). The summed E-state index contributed by atoms with van der Waals surface area (Å²) in [5, 5.41) is 3.68. The van der Waals surface area contributed by atoms with E-state index < -0.39 is 0 Å². The lowest BCUT2D eigenvalue weighted by Crippen LogP contribution is -2.46. The van der Waals surface area contributed by atoms with E-state index in [0.29, 0.717) is 12.1 Å². The molecule has 0 radical (unpaired) electrons. The highest BCUT2D eigenvalue weighted by atomic mass is 16.5. The second kappa shape index (κ2) is 6.17. The van der Waals surface area contributed by atoms with Gasteiger partial charge in [-0.3, -0.25) is 4.90 Å². The van der Waals surface area contributed by atoms with Crippen LogP contribution < -0.4 is 5.32 Å². The Bertz CT molecular complexity index is 226. The fourth-order valence-corrected chi connectivity index (χ4v) is 3.03. The van der Waals surface area contributed by atoms with E-state index in [1.54, 1.807) is 0 Å². The zero-order valence-electron chi connectivity index (χ0n) is 11.6. The molecule has 0 aliphatic carbocycles. The van der Waals surface area contributed by atoms with E-state index >= 15 is 0 Å². The van der Waals surface area contributed by atoms with Crippen LogP contribution in [0.15, 0.2) is 0 Å². The van der Waals surface area contributed by atoms with Crippen molar-refractivity contribution in [2.45, 2.75) is 45.7 Å². The summed E-state index contributed by atoms with van der Waals surface area (Å²) in [6.07, 6.45) is 2.53. The first-order chi connectivity index (χ1) is 8.18. The third-order valence-corrected chi connectivity index (χ3v) is 4.49. The van der Waals surface area contributed by atoms with Gasteiger partial charge in [-0.05, 0) is 44.7 Å². The van der Waals surface area contributed by atoms with Gasteiger partial charge in [0.15, 0.2) is 0 Å². The van der Waals surface area contributed by atoms with Crippen LogP contribution in [0.25, 0.3) is 0 Å². The Hall–Kier alpha value is -0.120. The van der Waals surface area contributed by atoms with Crippen LogP contribution >= 0.6 is 0 Å². The average molecular weight is 240 g/mol. The normalized spacial score (nSPS) is 33.9. The van der Waals surface area contributed by atoms with Crippen molar-refractivity contribution in [2.75, 3.05) is 32.8 Å². The van der Waals surface area contributed by atoms with Gasteiger partial charge in [-0.2, -0.15) is 0 Å². The van der Waals surface area contributed by atoms with Gasteiger partial charge >= 0.3 is 0 Å². The monoisotopic (exact) mass is 240 g/mol. The average Bonchev–Trinajstić information content (AvgIpc) is 2.71. The zero-order valence-corrected chi connectivity index (χ0v) is 11.6. The van der Waals surface area contributed by atoms with Crippen LogP contribution in [-0.2, 0) is 4.74 Å². The smallest absolute Gasteiger partial charge is 0.0509 e. The highest BCUT2D eigenvalue weighted by molar-refractivity contribution is 4.85. The van der Waals surface area contributed by atoms with Crippen LogP contribution in [0.1, 0.15) is 33.6 Å². The molecule has 2 aliphatic heterocycles. The molecule has 0 aromatic carbocycles. The topological polar surface area (TPSA) is 24.5 Å². The quantitative estimate of drug-likeness (QED) is 0.813. The number of hydrogen-bond acceptors (Lipinski definition) is 3. The maximum Gasteiger partial charge on any atom is 0.0509 e. The van der Waals surface area contributed by atoms with Crippen LogP contribution in [0.4, 0.5) is 0 Å². The predicted octanol–water partition coefficient (Wildman–Crippen LogP) is 1.73. The van der Waals surface area contributed by atoms with Gasteiger partial charge in [0.2, 0.25) is 0 Å². The van der Waals surface area contributed by atoms with Crippen LogP contribution in [0.3, 0.4) is 0 Å². The molecule has 0 bridgehead atoms. The van der Waals surface area contributed by atoms with E-state index in [4.69, 9.17) is 4.74 Å². The first-order valence-electron chi connectivity index (χ1n) is 7.23. The summed E-state index contributed by atoms with van der Waals surface area (Å²) in [6.45, 7) is 12.6. The largest absolute Gasteiger partial charge is 0.381 e. The van der Waals surface area contributed by atoms with Gasteiger partial charge in [0.1, 0.15) is 0 Å². The van der Waals surface area contributed by atoms with Crippen molar-refractivity contribution < 1.29 is 4.74 Å². The van der Waals surface area contributed by atoms with E-state index in [2.05, 4.69) is 31.0 Å². The fourth-order valence-electron chi connectivity index (χ4n) is 3.03. The minimum atomic E-state index is 0.655. The summed E-state index contributed by atoms with van der Waals surface area (Å²) >= 11 is 0. The number of rotatable bonds is 3. The Balaban J connectivity index is 1.93. The molecule has 1 N–H and O–H groups in total. The van der Waals surface area contributed by atoms with E-state index in [0.717, 1.165) is 25.0 Å². The summed E-state index contributed by atoms with van der Waals surface area (Å²) < 4.78 is 5.53. The maximum absolute atomic E-state index is 5.53. The van der Waals surface area contributed by atoms with Crippen molar-refractivity contribution in [1.82, 2.24) is 10.2 Å². The van der Waals surface area contributed by atoms with E-state index in [9.17, 15) is 0 Å². The highest BCUT2D eigenvalue weighted by Crippen LogP contribution is 2.22. The Labute approximate surface area is 106 Å². The molecule has 100 valence electrons. The molecule has 3 heteroatoms. The number of nitrogens with zero attached hydrogens (tertiary/aromatic N) is 1. The lowest BCUT2D eigenvalue weighted by atomic mass is 9.97. The van der Waals surface area contributed by atoms with Crippen LogP contribution in [0, 0.1) is 11.8 Å². The van der Waals surface area contributed by atoms with Gasteiger partial charge in [0.05, 0.1) is 6.61 Å². The molecular weight excluding hydrogens is 212 g/mol. The third kappa shape index (κ3) is 3.43. The molecule has 0 amide bonds. The second-order valence-corrected chi connectivity index (χ2v) is 6.02. The molecule has 0 aromatic heterocycles. The van der Waals surface area contributed by atoms with Crippen LogP contribution in [-0.4, -0.2) is 49.8 Å². The predicted molar refractivity (Wildman–Crippen MR) is 71.2 cm³/mol. The summed E-state index contributed by atoms with van der Waals surface area (Å²) in [4.78, 5) is 2.68. The number of hydrogen-bond donors (Lipinski definition) is 1. The zero-order chi connectivity index (χ0) is 12.3. The molecule has 17 heavy (non-hydrogen) atoms. The van der Waals surface area contributed by atoms with Crippen molar-refractivity contribution in [3.05, 3.63) is 0 Å². The minimum absolute atomic E-state index is 0.655. The highest BCUT2D eigenvalue weighted by Gasteiger charge is 2.30. The van der Waals surface area contributed by atoms with Crippen molar-refractivity contribution in [3.8, 4) is 0 Å². The number of nitrogens with one attached hydrogen (secondary N) is 1. The second-order valence-electron chi connectivity index (χ2n) is 6.02. The Morgan fingerprint density at radius 1 is 1.29 bits per heavy atom. The Kier molecular flexibility index (Phi) is 4.83. The molecule has 2 saturated heterocycles. The Morgan fingerprint density at radius 2 is 2.12 bits per heavy atom. The summed E-state index contributed by atoms with van der Waals surface area (Å²) in [5.74, 6) is 1.48. The summed E-state index contributed by atoms with van der Waals surface area (Å²) in [7, 11) is 0. The van der Waals surface area contributed by atoms with E-state index in [1.807, 2.05) is 0 Å². The van der Waals surface area contributed by atoms with Gasteiger partial charge in [0, 0.05) is 25.2 Å². The van der Waals surface area contributed by atoms with Gasteiger partial charge < -0.3 is 10.1 Å². The molecule has 2 fully saturated rings. The van der Waals surface area contributed by atoms with Gasteiger partial charge in [-0.1, -0.05) is 13.8 Å². The SMILES string of the molecule is CC(C)C1CN(C(C)C2CCOC2)CCCN1. The van der Waals surface area contributed by atoms with Crippen LogP contribution in [0.2, 0.25) is 0 Å². The standard InChI is InChI=1S/C14H28N2O/c1-11(2)14-9-16(7-4-6-15-14)12(3)13-5-8-17-10-13/h11-15H,4-10H2,1-3H3. The van der Waals surface area contributed by atoms with Crippen molar-refractivity contribution in [2.24, 2.45) is 11.8 Å². The van der Waals surface area contributed by atoms with Gasteiger partial charge in [-0.15, -0.1) is 0 Å². The van der Waals surface area contributed by atoms with E-state index in [-0.39, 0.29) is 0 Å². The first-order valence-corrected chi connectivity index (χ1v) is 7.23. The van der Waals surface area contributed by atoms with Crippen molar-refractivity contribution >= 4 is 0 Å². The fraction of sp³-hybridized carbons (Fsp3) is 1.00. The van der Waals surface area contributed by atoms with Crippen molar-refractivity contribution in [1.29, 1.82) is 0 Å². The van der Waals surface area contributed by atoms with Gasteiger partial charge in [0.25, 0.3) is 0 Å². The summed E-state index contributed by atoms with van der Waals surface area (Å²) in [5.41, 5.74) is 0. The molecule has 3 nitrogen and oxygen atoms in total. The minimum Gasteiger partial charge on any atom is -0.381 e. The van der Waals surface area contributed by atoms with E-state index in [1.165, 1.54) is 32.5 Å². The molecule has 2 heterocycles. The Morgan fingerprint density at radius 3 is 2.76 bits per heavy atom. The molecule has 2 aliphatic rings. The van der Waals surface area contributed by atoms with Crippen molar-refractivity contribution in [3.63, 3.8) is 0 Å². The van der Waals surface area contributed by atoms with Crippen LogP contribution in [0.5, 0.6) is 0 Å². The molecule has 3 unspecified atom stereocenters. The maximum atomic E-state index is 5.53. The molecule has 0 saturated carbocycles. The molecule has 3 atom stereocenters. The lowest BCUT2D eigenvalue weighted by Gasteiger charge is -2.34. The molecule has 0 spiro atoms. The third-order valence-electron chi connectivity index (χ3n) is 4.49. The number of ether oxygens (including phenoxy) is 1. The first kappa shape index (κ1) is 13.3. The molecular formula is C14H28N2O. The lowest BCUT2D eigenvalue weighted by molar-refractivity contribution is 0.121. The van der Waals surface area contributed by atoms with Gasteiger partial charge in [-0.25, -0.2) is 0 Å². The summed E-state index contributed by atoms with van der Waals surface area (Å²) in [6, 6.07) is 1.33.